The lowest BCUT2D eigenvalue weighted by atomic mass is 9.64. The smallest absolute Gasteiger partial charge is 0.0698 e. The molecule has 0 aromatic rings. The quantitative estimate of drug-likeness (QED) is 0.820. The van der Waals surface area contributed by atoms with Crippen LogP contribution in [0.1, 0.15) is 61.3 Å². The first-order valence-electron chi connectivity index (χ1n) is 6.96. The molecule has 1 rings (SSSR count). The van der Waals surface area contributed by atoms with Gasteiger partial charge in [-0.15, -0.1) is 0 Å². The highest BCUT2D eigenvalue weighted by molar-refractivity contribution is 5.21. The Morgan fingerprint density at radius 3 is 1.89 bits per heavy atom. The Bertz CT molecular complexity index is 356. The van der Waals surface area contributed by atoms with E-state index in [4.69, 9.17) is 0 Å². The predicted octanol–water partition coefficient (Wildman–Crippen LogP) is 4.00. The summed E-state index contributed by atoms with van der Waals surface area (Å²) in [6.45, 7) is 15.3. The summed E-state index contributed by atoms with van der Waals surface area (Å²) in [6, 6.07) is 2.57. The first kappa shape index (κ1) is 15.5. The fourth-order valence-corrected chi connectivity index (χ4v) is 2.91. The second kappa shape index (κ2) is 4.23. The molecule has 1 N–H and O–H groups in total. The molecule has 0 aliphatic heterocycles. The fraction of sp³-hybridized carbons (Fsp3) is 0.938. The molecule has 0 aromatic heterocycles. The Morgan fingerprint density at radius 1 is 1.11 bits per heavy atom. The Balaban J connectivity index is 2.83. The van der Waals surface area contributed by atoms with Crippen LogP contribution < -0.4 is 0 Å². The van der Waals surface area contributed by atoms with Crippen LogP contribution in [0.25, 0.3) is 0 Å². The SMILES string of the molecule is CC(C)(C)C1(C#N)CC1CC(C)(C)C(C)(C)CO. The van der Waals surface area contributed by atoms with Crippen molar-refractivity contribution in [1.82, 2.24) is 0 Å². The molecule has 1 fully saturated rings. The van der Waals surface area contributed by atoms with Gasteiger partial charge in [-0.3, -0.25) is 0 Å². The largest absolute Gasteiger partial charge is 0.396 e. The number of nitrogens with zero attached hydrogens (tertiary/aromatic N) is 1. The van der Waals surface area contributed by atoms with E-state index in [1.165, 1.54) is 0 Å². The van der Waals surface area contributed by atoms with Crippen LogP contribution in [0.15, 0.2) is 0 Å². The molecular formula is C16H29NO. The average molecular weight is 251 g/mol. The third kappa shape index (κ3) is 2.30. The van der Waals surface area contributed by atoms with Crippen molar-refractivity contribution in [2.24, 2.45) is 27.6 Å². The van der Waals surface area contributed by atoms with Gasteiger partial charge in [0.05, 0.1) is 11.5 Å². The summed E-state index contributed by atoms with van der Waals surface area (Å²) in [7, 11) is 0. The summed E-state index contributed by atoms with van der Waals surface area (Å²) in [4.78, 5) is 0. The molecule has 18 heavy (non-hydrogen) atoms. The Labute approximate surface area is 112 Å². The van der Waals surface area contributed by atoms with Gasteiger partial charge in [0, 0.05) is 6.61 Å². The molecule has 2 nitrogen and oxygen atoms in total. The van der Waals surface area contributed by atoms with Gasteiger partial charge in [0.15, 0.2) is 0 Å². The summed E-state index contributed by atoms with van der Waals surface area (Å²) in [5, 5.41) is 19.1. The molecule has 1 saturated carbocycles. The average Bonchev–Trinajstić information content (AvgIpc) is 2.91. The molecule has 0 heterocycles. The lowest BCUT2D eigenvalue weighted by Gasteiger charge is -2.41. The zero-order chi connectivity index (χ0) is 14.4. The van der Waals surface area contributed by atoms with Gasteiger partial charge in [0.25, 0.3) is 0 Å². The van der Waals surface area contributed by atoms with Crippen LogP contribution in [0.2, 0.25) is 0 Å². The summed E-state index contributed by atoms with van der Waals surface area (Å²) < 4.78 is 0. The van der Waals surface area contributed by atoms with Gasteiger partial charge in [-0.1, -0.05) is 48.5 Å². The molecule has 0 amide bonds. The third-order valence-corrected chi connectivity index (χ3v) is 5.63. The minimum Gasteiger partial charge on any atom is -0.396 e. The van der Waals surface area contributed by atoms with Crippen LogP contribution in [0, 0.1) is 38.9 Å². The number of rotatable bonds is 4. The van der Waals surface area contributed by atoms with E-state index in [1.54, 1.807) is 0 Å². The summed E-state index contributed by atoms with van der Waals surface area (Å²) in [5.74, 6) is 0.475. The van der Waals surface area contributed by atoms with Crippen LogP contribution in [0.4, 0.5) is 0 Å². The van der Waals surface area contributed by atoms with Crippen LogP contribution in [-0.2, 0) is 0 Å². The Hall–Kier alpha value is -0.550. The van der Waals surface area contributed by atoms with Gasteiger partial charge < -0.3 is 5.11 Å². The van der Waals surface area contributed by atoms with E-state index in [0.29, 0.717) is 5.92 Å². The van der Waals surface area contributed by atoms with Gasteiger partial charge in [0.2, 0.25) is 0 Å². The third-order valence-electron chi connectivity index (χ3n) is 5.63. The second-order valence-electron chi connectivity index (χ2n) is 8.36. The summed E-state index contributed by atoms with van der Waals surface area (Å²) in [6.07, 6.45) is 2.03. The van der Waals surface area contributed by atoms with E-state index in [9.17, 15) is 10.4 Å². The molecule has 0 spiro atoms. The lowest BCUT2D eigenvalue weighted by Crippen LogP contribution is -2.37. The highest BCUT2D eigenvalue weighted by Crippen LogP contribution is 2.66. The van der Waals surface area contributed by atoms with Crippen LogP contribution in [-0.4, -0.2) is 11.7 Å². The van der Waals surface area contributed by atoms with Gasteiger partial charge >= 0.3 is 0 Å². The molecule has 104 valence electrons. The zero-order valence-corrected chi connectivity index (χ0v) is 13.1. The number of aliphatic hydroxyl groups is 1. The van der Waals surface area contributed by atoms with Crippen molar-refractivity contribution in [1.29, 1.82) is 5.26 Å². The van der Waals surface area contributed by atoms with Crippen molar-refractivity contribution >= 4 is 0 Å². The lowest BCUT2D eigenvalue weighted by molar-refractivity contribution is 0.0219. The van der Waals surface area contributed by atoms with Crippen molar-refractivity contribution < 1.29 is 5.11 Å². The summed E-state index contributed by atoms with van der Waals surface area (Å²) in [5.41, 5.74) is -0.160. The van der Waals surface area contributed by atoms with Gasteiger partial charge in [-0.05, 0) is 35.0 Å². The number of hydrogen-bond donors (Lipinski definition) is 1. The standard InChI is InChI=1S/C16H29NO/c1-13(2,3)16(10-17)9-12(16)8-14(4,5)15(6,7)11-18/h12,18H,8-9,11H2,1-7H3. The number of hydrogen-bond acceptors (Lipinski definition) is 2. The first-order valence-corrected chi connectivity index (χ1v) is 6.96. The molecule has 0 saturated heterocycles. The van der Waals surface area contributed by atoms with E-state index in [0.717, 1.165) is 12.8 Å². The topological polar surface area (TPSA) is 44.0 Å². The van der Waals surface area contributed by atoms with Crippen LogP contribution in [0.5, 0.6) is 0 Å². The van der Waals surface area contributed by atoms with E-state index in [1.807, 2.05) is 0 Å². The maximum Gasteiger partial charge on any atom is 0.0698 e. The molecule has 0 aromatic carbocycles. The molecule has 0 bridgehead atoms. The van der Waals surface area contributed by atoms with E-state index >= 15 is 0 Å². The van der Waals surface area contributed by atoms with E-state index in [-0.39, 0.29) is 28.3 Å². The zero-order valence-electron chi connectivity index (χ0n) is 13.1. The van der Waals surface area contributed by atoms with E-state index in [2.05, 4.69) is 54.5 Å². The Kier molecular flexibility index (Phi) is 3.65. The first-order chi connectivity index (χ1) is 7.93. The van der Waals surface area contributed by atoms with Gasteiger partial charge in [-0.2, -0.15) is 5.26 Å². The maximum absolute atomic E-state index is 9.55. The maximum atomic E-state index is 9.55. The van der Waals surface area contributed by atoms with Crippen molar-refractivity contribution in [3.63, 3.8) is 0 Å². The minimum atomic E-state index is -0.157. The van der Waals surface area contributed by atoms with Crippen LogP contribution in [0.3, 0.4) is 0 Å². The van der Waals surface area contributed by atoms with Crippen molar-refractivity contribution in [2.45, 2.75) is 61.3 Å². The predicted molar refractivity (Wildman–Crippen MR) is 74.9 cm³/mol. The van der Waals surface area contributed by atoms with Gasteiger partial charge in [0.1, 0.15) is 0 Å². The molecule has 1 aliphatic rings. The summed E-state index contributed by atoms with van der Waals surface area (Å²) >= 11 is 0. The van der Waals surface area contributed by atoms with Gasteiger partial charge in [-0.25, -0.2) is 0 Å². The molecule has 2 heteroatoms. The molecular weight excluding hydrogens is 222 g/mol. The highest BCUT2D eigenvalue weighted by atomic mass is 16.3. The second-order valence-corrected chi connectivity index (χ2v) is 8.36. The monoisotopic (exact) mass is 251 g/mol. The Morgan fingerprint density at radius 2 is 1.61 bits per heavy atom. The molecule has 2 atom stereocenters. The van der Waals surface area contributed by atoms with Crippen LogP contribution >= 0.6 is 0 Å². The molecule has 1 aliphatic carbocycles. The number of aliphatic hydroxyl groups excluding tert-OH is 1. The van der Waals surface area contributed by atoms with Crippen molar-refractivity contribution in [2.75, 3.05) is 6.61 Å². The van der Waals surface area contributed by atoms with E-state index < -0.39 is 0 Å². The minimum absolute atomic E-state index is 0.0475. The number of nitriles is 1. The fourth-order valence-electron chi connectivity index (χ4n) is 2.91. The molecule has 2 unspecified atom stereocenters. The highest BCUT2D eigenvalue weighted by Gasteiger charge is 2.63. The van der Waals surface area contributed by atoms with Crippen molar-refractivity contribution in [3.8, 4) is 6.07 Å². The molecule has 0 radical (unpaired) electrons. The normalized spacial score (nSPS) is 28.9. The van der Waals surface area contributed by atoms with Crippen molar-refractivity contribution in [3.05, 3.63) is 0 Å².